The van der Waals surface area contributed by atoms with Crippen molar-refractivity contribution in [2.45, 2.75) is 12.5 Å². The van der Waals surface area contributed by atoms with Crippen LogP contribution in [-0.4, -0.2) is 13.1 Å². The Morgan fingerprint density at radius 1 is 1.53 bits per heavy atom. The van der Waals surface area contributed by atoms with Gasteiger partial charge in [-0.15, -0.1) is 0 Å². The average Bonchev–Trinajstić information content (AvgIpc) is 2.29. The molecule has 2 N–H and O–H groups in total. The molecule has 4 heteroatoms. The summed E-state index contributed by atoms with van der Waals surface area (Å²) in [5.74, 6) is -0.341. The summed E-state index contributed by atoms with van der Waals surface area (Å²) in [5.41, 5.74) is 7.17. The van der Waals surface area contributed by atoms with Crippen LogP contribution < -0.4 is 5.73 Å². The van der Waals surface area contributed by atoms with Crippen LogP contribution in [0.2, 0.25) is 0 Å². The second kappa shape index (κ2) is 5.13. The van der Waals surface area contributed by atoms with E-state index in [0.717, 1.165) is 5.56 Å². The lowest BCUT2D eigenvalue weighted by Crippen LogP contribution is -2.16. The monoisotopic (exact) mass is 204 g/mol. The molecule has 0 aliphatic heterocycles. The predicted molar refractivity (Wildman–Crippen MR) is 54.7 cm³/mol. The van der Waals surface area contributed by atoms with Crippen molar-refractivity contribution >= 4 is 5.97 Å². The number of methoxy groups -OCH3 is 1. The highest BCUT2D eigenvalue weighted by atomic mass is 16.5. The second-order valence-electron chi connectivity index (χ2n) is 3.12. The lowest BCUT2D eigenvalue weighted by molar-refractivity contribution is -0.141. The molecule has 0 heterocycles. The van der Waals surface area contributed by atoms with Crippen LogP contribution in [0.25, 0.3) is 0 Å². The van der Waals surface area contributed by atoms with Gasteiger partial charge < -0.3 is 10.5 Å². The Hall–Kier alpha value is -1.86. The van der Waals surface area contributed by atoms with Gasteiger partial charge >= 0.3 is 5.97 Å². The van der Waals surface area contributed by atoms with Gasteiger partial charge in [0.05, 0.1) is 25.2 Å². The molecule has 0 aromatic heterocycles. The van der Waals surface area contributed by atoms with Crippen molar-refractivity contribution in [3.8, 4) is 6.07 Å². The van der Waals surface area contributed by atoms with E-state index < -0.39 is 0 Å². The Balaban J connectivity index is 2.70. The van der Waals surface area contributed by atoms with Crippen LogP contribution >= 0.6 is 0 Å². The van der Waals surface area contributed by atoms with Crippen molar-refractivity contribution in [3.05, 3.63) is 35.4 Å². The molecule has 1 aromatic rings. The number of nitrogens with two attached hydrogens (primary N) is 1. The summed E-state index contributed by atoms with van der Waals surface area (Å²) in [7, 11) is 1.33. The van der Waals surface area contributed by atoms with E-state index in [1.165, 1.54) is 7.11 Å². The zero-order valence-corrected chi connectivity index (χ0v) is 8.43. The summed E-state index contributed by atoms with van der Waals surface area (Å²) < 4.78 is 4.52. The number of carbonyl (C=O) groups excluding carboxylic acids is 1. The maximum absolute atomic E-state index is 11.0. The van der Waals surface area contributed by atoms with Gasteiger partial charge in [0.25, 0.3) is 0 Å². The van der Waals surface area contributed by atoms with Crippen molar-refractivity contribution in [2.24, 2.45) is 5.73 Å². The molecule has 0 saturated heterocycles. The first-order chi connectivity index (χ1) is 7.17. The van der Waals surface area contributed by atoms with Crippen LogP contribution in [0.5, 0.6) is 0 Å². The van der Waals surface area contributed by atoms with Gasteiger partial charge in [0.1, 0.15) is 0 Å². The third kappa shape index (κ3) is 3.08. The maximum Gasteiger partial charge on any atom is 0.307 e. The standard InChI is InChI=1S/C11H12N2O2/c1-15-11(14)6-10(13)9-4-2-8(7-12)3-5-9/h2-5,10H,6,13H2,1H3/t10-/m1/s1. The van der Waals surface area contributed by atoms with Crippen LogP contribution in [0.1, 0.15) is 23.6 Å². The van der Waals surface area contributed by atoms with E-state index in [0.29, 0.717) is 5.56 Å². The zero-order valence-electron chi connectivity index (χ0n) is 8.43. The fraction of sp³-hybridized carbons (Fsp3) is 0.273. The lowest BCUT2D eigenvalue weighted by Gasteiger charge is -2.10. The molecular formula is C11H12N2O2. The van der Waals surface area contributed by atoms with Gasteiger partial charge in [0, 0.05) is 6.04 Å². The minimum absolute atomic E-state index is 0.141. The molecule has 0 radical (unpaired) electrons. The van der Waals surface area contributed by atoms with Crippen LogP contribution in [0.15, 0.2) is 24.3 Å². The zero-order chi connectivity index (χ0) is 11.3. The summed E-state index contributed by atoms with van der Waals surface area (Å²) >= 11 is 0. The molecule has 0 fully saturated rings. The molecule has 1 rings (SSSR count). The molecule has 1 atom stereocenters. The van der Waals surface area contributed by atoms with E-state index in [2.05, 4.69) is 4.74 Å². The van der Waals surface area contributed by atoms with Gasteiger partial charge in [-0.2, -0.15) is 5.26 Å². The van der Waals surface area contributed by atoms with Crippen molar-refractivity contribution in [3.63, 3.8) is 0 Å². The first-order valence-electron chi connectivity index (χ1n) is 4.50. The van der Waals surface area contributed by atoms with Crippen molar-refractivity contribution in [1.82, 2.24) is 0 Å². The molecule has 78 valence electrons. The Bertz CT molecular complexity index is 379. The first kappa shape index (κ1) is 11.2. The fourth-order valence-electron chi connectivity index (χ4n) is 1.19. The van der Waals surface area contributed by atoms with Gasteiger partial charge in [-0.05, 0) is 17.7 Å². The van der Waals surface area contributed by atoms with E-state index in [1.54, 1.807) is 24.3 Å². The number of carbonyl (C=O) groups is 1. The van der Waals surface area contributed by atoms with E-state index in [-0.39, 0.29) is 18.4 Å². The average molecular weight is 204 g/mol. The Kier molecular flexibility index (Phi) is 3.83. The van der Waals surface area contributed by atoms with E-state index in [9.17, 15) is 4.79 Å². The van der Waals surface area contributed by atoms with Crippen molar-refractivity contribution in [2.75, 3.05) is 7.11 Å². The molecular weight excluding hydrogens is 192 g/mol. The predicted octanol–water partition coefficient (Wildman–Crippen LogP) is 1.12. The van der Waals surface area contributed by atoms with Crippen molar-refractivity contribution < 1.29 is 9.53 Å². The normalized spacial score (nSPS) is 11.5. The number of ether oxygens (including phenoxy) is 1. The van der Waals surface area contributed by atoms with Gasteiger partial charge in [-0.25, -0.2) is 0 Å². The third-order valence-corrected chi connectivity index (χ3v) is 2.08. The Labute approximate surface area is 88.3 Å². The second-order valence-corrected chi connectivity index (χ2v) is 3.12. The first-order valence-corrected chi connectivity index (χ1v) is 4.50. The summed E-state index contributed by atoms with van der Waals surface area (Å²) in [6, 6.07) is 8.46. The maximum atomic E-state index is 11.0. The molecule has 4 nitrogen and oxygen atoms in total. The molecule has 15 heavy (non-hydrogen) atoms. The summed E-state index contributed by atoms with van der Waals surface area (Å²) in [6.07, 6.45) is 0.141. The third-order valence-electron chi connectivity index (χ3n) is 2.08. The topological polar surface area (TPSA) is 76.1 Å². The smallest absolute Gasteiger partial charge is 0.307 e. The number of nitrogens with zero attached hydrogens (tertiary/aromatic N) is 1. The molecule has 0 amide bonds. The highest BCUT2D eigenvalue weighted by Crippen LogP contribution is 2.14. The number of esters is 1. The van der Waals surface area contributed by atoms with E-state index in [1.807, 2.05) is 6.07 Å². The van der Waals surface area contributed by atoms with E-state index >= 15 is 0 Å². The SMILES string of the molecule is COC(=O)C[C@@H](N)c1ccc(C#N)cc1. The van der Waals surface area contributed by atoms with Gasteiger partial charge in [0.15, 0.2) is 0 Å². The minimum Gasteiger partial charge on any atom is -0.469 e. The number of hydrogen-bond acceptors (Lipinski definition) is 4. The molecule has 1 aromatic carbocycles. The van der Waals surface area contributed by atoms with Crippen LogP contribution in [0.4, 0.5) is 0 Å². The minimum atomic E-state index is -0.384. The quantitative estimate of drug-likeness (QED) is 0.748. The number of hydrogen-bond donors (Lipinski definition) is 1. The number of benzene rings is 1. The van der Waals surface area contributed by atoms with Crippen LogP contribution in [0.3, 0.4) is 0 Å². The van der Waals surface area contributed by atoms with Gasteiger partial charge in [-0.1, -0.05) is 12.1 Å². The lowest BCUT2D eigenvalue weighted by atomic mass is 10.0. The van der Waals surface area contributed by atoms with Crippen molar-refractivity contribution in [1.29, 1.82) is 5.26 Å². The summed E-state index contributed by atoms with van der Waals surface area (Å²) in [5, 5.41) is 8.60. The number of rotatable bonds is 3. The Morgan fingerprint density at radius 2 is 2.13 bits per heavy atom. The summed E-state index contributed by atoms with van der Waals surface area (Å²) in [4.78, 5) is 11.0. The highest BCUT2D eigenvalue weighted by molar-refractivity contribution is 5.70. The van der Waals surface area contributed by atoms with Crippen LogP contribution in [-0.2, 0) is 9.53 Å². The molecule has 0 aliphatic rings. The van der Waals surface area contributed by atoms with Gasteiger partial charge in [0.2, 0.25) is 0 Å². The van der Waals surface area contributed by atoms with Crippen LogP contribution in [0, 0.1) is 11.3 Å². The van der Waals surface area contributed by atoms with Gasteiger partial charge in [-0.3, -0.25) is 4.79 Å². The molecule has 0 spiro atoms. The largest absolute Gasteiger partial charge is 0.469 e. The molecule has 0 bridgehead atoms. The summed E-state index contributed by atoms with van der Waals surface area (Å²) in [6.45, 7) is 0. The van der Waals surface area contributed by atoms with E-state index in [4.69, 9.17) is 11.0 Å². The molecule has 0 aliphatic carbocycles. The fourth-order valence-corrected chi connectivity index (χ4v) is 1.19. The highest BCUT2D eigenvalue weighted by Gasteiger charge is 2.11. The molecule has 0 unspecified atom stereocenters. The number of nitriles is 1. The molecule has 0 saturated carbocycles. The Morgan fingerprint density at radius 3 is 2.60 bits per heavy atom.